The largest absolute Gasteiger partial charge is 0.368 e. The van der Waals surface area contributed by atoms with Crippen LogP contribution in [0.2, 0.25) is 5.02 Å². The van der Waals surface area contributed by atoms with Gasteiger partial charge in [0.2, 0.25) is 11.9 Å². The van der Waals surface area contributed by atoms with E-state index >= 15 is 0 Å². The van der Waals surface area contributed by atoms with Crippen LogP contribution in [0.4, 0.5) is 11.8 Å². The summed E-state index contributed by atoms with van der Waals surface area (Å²) in [7, 11) is 0. The normalized spacial score (nSPS) is 10.2. The summed E-state index contributed by atoms with van der Waals surface area (Å²) < 4.78 is 0. The molecule has 0 fully saturated rings. The van der Waals surface area contributed by atoms with E-state index in [2.05, 4.69) is 20.6 Å². The molecule has 0 atom stereocenters. The van der Waals surface area contributed by atoms with E-state index in [4.69, 9.17) is 17.3 Å². The van der Waals surface area contributed by atoms with Gasteiger partial charge in [0.05, 0.1) is 12.7 Å². The number of nitrogens with two attached hydrogens (primary N) is 1. The summed E-state index contributed by atoms with van der Waals surface area (Å²) >= 11 is 5.81. The SMILES string of the molecule is CC(C)NC(=O)CNc1nc(N)ncc1Cl. The number of aromatic nitrogens is 2. The second kappa shape index (κ2) is 5.50. The first kappa shape index (κ1) is 12.5. The summed E-state index contributed by atoms with van der Waals surface area (Å²) in [5.74, 6) is 0.326. The van der Waals surface area contributed by atoms with Crippen molar-refractivity contribution >= 4 is 29.3 Å². The number of hydrogen-bond donors (Lipinski definition) is 3. The number of hydrogen-bond acceptors (Lipinski definition) is 5. The van der Waals surface area contributed by atoms with Crippen molar-refractivity contribution in [2.75, 3.05) is 17.6 Å². The van der Waals surface area contributed by atoms with Crippen molar-refractivity contribution in [1.82, 2.24) is 15.3 Å². The van der Waals surface area contributed by atoms with Gasteiger partial charge in [-0.15, -0.1) is 0 Å². The molecule has 4 N–H and O–H groups in total. The van der Waals surface area contributed by atoms with Crippen molar-refractivity contribution in [3.63, 3.8) is 0 Å². The molecular weight excluding hydrogens is 230 g/mol. The van der Waals surface area contributed by atoms with Crippen LogP contribution in [0.5, 0.6) is 0 Å². The van der Waals surface area contributed by atoms with Crippen LogP contribution in [-0.2, 0) is 4.79 Å². The zero-order valence-electron chi connectivity index (χ0n) is 9.12. The fourth-order valence-electron chi connectivity index (χ4n) is 1.04. The summed E-state index contributed by atoms with van der Waals surface area (Å²) in [6.07, 6.45) is 1.38. The van der Waals surface area contributed by atoms with E-state index in [-0.39, 0.29) is 24.4 Å². The number of nitrogens with zero attached hydrogens (tertiary/aromatic N) is 2. The molecule has 1 aromatic heterocycles. The van der Waals surface area contributed by atoms with Gasteiger partial charge >= 0.3 is 0 Å². The molecule has 1 heterocycles. The third kappa shape index (κ3) is 3.90. The molecule has 1 amide bonds. The van der Waals surface area contributed by atoms with Gasteiger partial charge in [0.15, 0.2) is 5.82 Å². The molecule has 0 unspecified atom stereocenters. The Balaban J connectivity index is 2.54. The highest BCUT2D eigenvalue weighted by Crippen LogP contribution is 2.17. The number of carbonyl (C=O) groups excluding carboxylic acids is 1. The first-order valence-corrected chi connectivity index (χ1v) is 5.18. The number of anilines is 2. The van der Waals surface area contributed by atoms with Crippen LogP contribution in [0.1, 0.15) is 13.8 Å². The van der Waals surface area contributed by atoms with Gasteiger partial charge in [-0.05, 0) is 13.8 Å². The van der Waals surface area contributed by atoms with E-state index in [1.54, 1.807) is 0 Å². The molecule has 1 rings (SSSR count). The molecule has 0 aromatic carbocycles. The van der Waals surface area contributed by atoms with Crippen molar-refractivity contribution in [2.24, 2.45) is 0 Å². The van der Waals surface area contributed by atoms with E-state index in [1.165, 1.54) is 6.20 Å². The first-order chi connectivity index (χ1) is 7.49. The molecule has 0 radical (unpaired) electrons. The average molecular weight is 244 g/mol. The number of nitrogens with one attached hydrogen (secondary N) is 2. The van der Waals surface area contributed by atoms with Gasteiger partial charge < -0.3 is 16.4 Å². The van der Waals surface area contributed by atoms with Crippen LogP contribution in [0, 0.1) is 0 Å². The number of rotatable bonds is 4. The van der Waals surface area contributed by atoms with Gasteiger partial charge in [-0.25, -0.2) is 4.98 Å². The zero-order valence-corrected chi connectivity index (χ0v) is 9.88. The molecule has 0 aliphatic carbocycles. The Labute approximate surface area is 98.6 Å². The molecule has 6 nitrogen and oxygen atoms in total. The van der Waals surface area contributed by atoms with E-state index in [9.17, 15) is 4.79 Å². The van der Waals surface area contributed by atoms with Crippen LogP contribution in [0.3, 0.4) is 0 Å². The Morgan fingerprint density at radius 3 is 2.94 bits per heavy atom. The minimum atomic E-state index is -0.136. The van der Waals surface area contributed by atoms with Gasteiger partial charge in [-0.2, -0.15) is 4.98 Å². The average Bonchev–Trinajstić information content (AvgIpc) is 2.18. The second-order valence-electron chi connectivity index (χ2n) is 3.50. The molecule has 7 heteroatoms. The molecule has 0 saturated carbocycles. The molecule has 16 heavy (non-hydrogen) atoms. The third-order valence-electron chi connectivity index (χ3n) is 1.63. The van der Waals surface area contributed by atoms with Gasteiger partial charge in [0, 0.05) is 6.04 Å². The Bertz CT molecular complexity index is 382. The minimum absolute atomic E-state index is 0.0916. The van der Waals surface area contributed by atoms with Crippen LogP contribution in [-0.4, -0.2) is 28.5 Å². The monoisotopic (exact) mass is 243 g/mol. The standard InChI is InChI=1S/C9H14ClN5O/c1-5(2)14-7(16)4-12-8-6(10)3-13-9(11)15-8/h3,5H,4H2,1-2H3,(H,14,16)(H3,11,12,13,15). The Morgan fingerprint density at radius 1 is 1.62 bits per heavy atom. The summed E-state index contributed by atoms with van der Waals surface area (Å²) in [5.41, 5.74) is 5.39. The lowest BCUT2D eigenvalue weighted by Crippen LogP contribution is -2.35. The molecule has 0 aliphatic rings. The second-order valence-corrected chi connectivity index (χ2v) is 3.91. The topological polar surface area (TPSA) is 92.9 Å². The number of halogens is 1. The van der Waals surface area contributed by atoms with Crippen molar-refractivity contribution in [1.29, 1.82) is 0 Å². The zero-order chi connectivity index (χ0) is 12.1. The maximum Gasteiger partial charge on any atom is 0.239 e. The third-order valence-corrected chi connectivity index (χ3v) is 1.91. The Kier molecular flexibility index (Phi) is 4.30. The van der Waals surface area contributed by atoms with Crippen LogP contribution in [0.15, 0.2) is 6.20 Å². The molecule has 88 valence electrons. The predicted molar refractivity (Wildman–Crippen MR) is 63.2 cm³/mol. The lowest BCUT2D eigenvalue weighted by molar-refractivity contribution is -0.119. The summed E-state index contributed by atoms with van der Waals surface area (Å²) in [6, 6.07) is 0.0974. The van der Waals surface area contributed by atoms with E-state index in [0.717, 1.165) is 0 Å². The highest BCUT2D eigenvalue weighted by molar-refractivity contribution is 6.32. The first-order valence-electron chi connectivity index (χ1n) is 4.80. The van der Waals surface area contributed by atoms with Crippen LogP contribution < -0.4 is 16.4 Å². The quantitative estimate of drug-likeness (QED) is 0.722. The number of nitrogen functional groups attached to an aromatic ring is 1. The summed E-state index contributed by atoms with van der Waals surface area (Å²) in [6.45, 7) is 3.86. The van der Waals surface area contributed by atoms with Crippen molar-refractivity contribution in [3.05, 3.63) is 11.2 Å². The van der Waals surface area contributed by atoms with Gasteiger partial charge in [-0.3, -0.25) is 4.79 Å². The molecule has 0 saturated heterocycles. The Hall–Kier alpha value is -1.56. The highest BCUT2D eigenvalue weighted by Gasteiger charge is 2.06. The molecule has 0 aliphatic heterocycles. The van der Waals surface area contributed by atoms with Gasteiger partial charge in [0.1, 0.15) is 5.02 Å². The fourth-order valence-corrected chi connectivity index (χ4v) is 1.20. The maximum absolute atomic E-state index is 11.3. The van der Waals surface area contributed by atoms with E-state index in [0.29, 0.717) is 10.8 Å². The van der Waals surface area contributed by atoms with E-state index in [1.807, 2.05) is 13.8 Å². The van der Waals surface area contributed by atoms with Crippen molar-refractivity contribution in [2.45, 2.75) is 19.9 Å². The summed E-state index contributed by atoms with van der Waals surface area (Å²) in [5, 5.41) is 5.84. The lowest BCUT2D eigenvalue weighted by atomic mass is 10.4. The number of amides is 1. The smallest absolute Gasteiger partial charge is 0.239 e. The lowest BCUT2D eigenvalue weighted by Gasteiger charge is -2.10. The number of carbonyl (C=O) groups is 1. The molecule has 0 spiro atoms. The fraction of sp³-hybridized carbons (Fsp3) is 0.444. The van der Waals surface area contributed by atoms with Crippen molar-refractivity contribution < 1.29 is 4.79 Å². The molecule has 0 bridgehead atoms. The van der Waals surface area contributed by atoms with Gasteiger partial charge in [-0.1, -0.05) is 11.6 Å². The molecular formula is C9H14ClN5O. The van der Waals surface area contributed by atoms with Gasteiger partial charge in [0.25, 0.3) is 0 Å². The predicted octanol–water partition coefficient (Wildman–Crippen LogP) is 0.649. The summed E-state index contributed by atoms with van der Waals surface area (Å²) in [4.78, 5) is 18.9. The highest BCUT2D eigenvalue weighted by atomic mass is 35.5. The maximum atomic E-state index is 11.3. The minimum Gasteiger partial charge on any atom is -0.368 e. The van der Waals surface area contributed by atoms with Crippen LogP contribution >= 0.6 is 11.6 Å². The van der Waals surface area contributed by atoms with Crippen LogP contribution in [0.25, 0.3) is 0 Å². The molecule has 1 aromatic rings. The Morgan fingerprint density at radius 2 is 2.31 bits per heavy atom. The van der Waals surface area contributed by atoms with E-state index < -0.39 is 0 Å². The van der Waals surface area contributed by atoms with Crippen molar-refractivity contribution in [3.8, 4) is 0 Å².